The monoisotopic (exact) mass is 265 g/mol. The van der Waals surface area contributed by atoms with Crippen LogP contribution in [0.3, 0.4) is 0 Å². The van der Waals surface area contributed by atoms with Gasteiger partial charge in [0.2, 0.25) is 0 Å². The Hall–Kier alpha value is -0.340. The molecule has 0 amide bonds. The lowest BCUT2D eigenvalue weighted by Crippen LogP contribution is -2.30. The molecule has 1 aromatic rings. The van der Waals surface area contributed by atoms with Crippen LogP contribution in [-0.2, 0) is 0 Å². The normalized spacial score (nSPS) is 27.1. The van der Waals surface area contributed by atoms with Crippen LogP contribution in [0, 0.1) is 11.8 Å². The molecule has 2 unspecified atom stereocenters. The third-order valence-electron chi connectivity index (χ3n) is 4.41. The molecule has 1 aliphatic carbocycles. The highest BCUT2D eigenvalue weighted by atomic mass is 32.1. The summed E-state index contributed by atoms with van der Waals surface area (Å²) in [6.45, 7) is 7.07. The van der Waals surface area contributed by atoms with Gasteiger partial charge in [0.1, 0.15) is 0 Å². The van der Waals surface area contributed by atoms with Crippen LogP contribution in [-0.4, -0.2) is 6.04 Å². The number of rotatable bonds is 4. The Bertz CT molecular complexity index is 331. The van der Waals surface area contributed by atoms with Gasteiger partial charge >= 0.3 is 0 Å². The molecule has 1 fully saturated rings. The maximum Gasteiger partial charge on any atom is 0.0388 e. The van der Waals surface area contributed by atoms with E-state index in [-0.39, 0.29) is 0 Å². The zero-order valence-electron chi connectivity index (χ0n) is 12.0. The molecule has 1 nitrogen and oxygen atoms in total. The van der Waals surface area contributed by atoms with Crippen LogP contribution in [0.25, 0.3) is 0 Å². The fraction of sp³-hybridized carbons (Fsp3) is 0.750. The summed E-state index contributed by atoms with van der Waals surface area (Å²) in [5.74, 6) is 1.81. The van der Waals surface area contributed by atoms with Gasteiger partial charge in [-0.3, -0.25) is 0 Å². The van der Waals surface area contributed by atoms with Crippen LogP contribution in [0.4, 0.5) is 0 Å². The predicted octanol–water partition coefficient (Wildman–Crippen LogP) is 5.00. The summed E-state index contributed by atoms with van der Waals surface area (Å²) in [7, 11) is 0. The first-order valence-electron chi connectivity index (χ1n) is 7.46. The fourth-order valence-electron chi connectivity index (χ4n) is 3.14. The Morgan fingerprint density at radius 2 is 2.00 bits per heavy atom. The summed E-state index contributed by atoms with van der Waals surface area (Å²) in [5, 5.41) is 6.01. The molecule has 0 spiro atoms. The van der Waals surface area contributed by atoms with Crippen molar-refractivity contribution in [2.45, 2.75) is 65.0 Å². The molecule has 102 valence electrons. The summed E-state index contributed by atoms with van der Waals surface area (Å²) >= 11 is 1.87. The lowest BCUT2D eigenvalue weighted by molar-refractivity contribution is 0.335. The van der Waals surface area contributed by atoms with E-state index >= 15 is 0 Å². The highest BCUT2D eigenvalue weighted by Gasteiger charge is 2.22. The van der Waals surface area contributed by atoms with Crippen molar-refractivity contribution in [3.8, 4) is 0 Å². The molecule has 1 aromatic heterocycles. The minimum Gasteiger partial charge on any atom is -0.307 e. The maximum atomic E-state index is 3.83. The highest BCUT2D eigenvalue weighted by molar-refractivity contribution is 7.10. The van der Waals surface area contributed by atoms with Crippen molar-refractivity contribution in [2.75, 3.05) is 0 Å². The molecule has 1 heterocycles. The lowest BCUT2D eigenvalue weighted by Gasteiger charge is -2.22. The molecule has 18 heavy (non-hydrogen) atoms. The summed E-state index contributed by atoms with van der Waals surface area (Å²) in [4.78, 5) is 1.47. The van der Waals surface area contributed by atoms with Gasteiger partial charge in [0.25, 0.3) is 0 Å². The Morgan fingerprint density at radius 1 is 1.17 bits per heavy atom. The molecule has 0 aliphatic heterocycles. The van der Waals surface area contributed by atoms with Crippen molar-refractivity contribution in [2.24, 2.45) is 11.8 Å². The fourth-order valence-corrected chi connectivity index (χ4v) is 3.88. The van der Waals surface area contributed by atoms with Crippen LogP contribution in [0.15, 0.2) is 17.5 Å². The van der Waals surface area contributed by atoms with Crippen LogP contribution in [0.2, 0.25) is 0 Å². The molecular weight excluding hydrogens is 238 g/mol. The maximum absolute atomic E-state index is 3.83. The molecule has 0 aromatic carbocycles. The van der Waals surface area contributed by atoms with Crippen LogP contribution in [0.1, 0.15) is 63.8 Å². The molecule has 0 radical (unpaired) electrons. The topological polar surface area (TPSA) is 12.0 Å². The van der Waals surface area contributed by atoms with E-state index in [0.29, 0.717) is 6.04 Å². The van der Waals surface area contributed by atoms with Gasteiger partial charge in [0.15, 0.2) is 0 Å². The van der Waals surface area contributed by atoms with Crippen LogP contribution >= 0.6 is 11.3 Å². The molecular formula is C16H27NS. The molecule has 3 atom stereocenters. The van der Waals surface area contributed by atoms with Gasteiger partial charge in [-0.1, -0.05) is 32.8 Å². The van der Waals surface area contributed by atoms with Gasteiger partial charge in [-0.15, -0.1) is 11.3 Å². The molecule has 2 rings (SSSR count). The van der Waals surface area contributed by atoms with E-state index in [1.54, 1.807) is 0 Å². The van der Waals surface area contributed by atoms with Gasteiger partial charge < -0.3 is 5.32 Å². The Labute approximate surface area is 116 Å². The third kappa shape index (κ3) is 3.83. The van der Waals surface area contributed by atoms with E-state index in [1.807, 2.05) is 11.3 Å². The summed E-state index contributed by atoms with van der Waals surface area (Å²) < 4.78 is 0. The van der Waals surface area contributed by atoms with Crippen molar-refractivity contribution in [3.05, 3.63) is 22.4 Å². The second-order valence-corrected chi connectivity index (χ2v) is 7.09. The predicted molar refractivity (Wildman–Crippen MR) is 81.1 cm³/mol. The first-order chi connectivity index (χ1) is 8.66. The number of nitrogens with one attached hydrogen (secondary N) is 1. The zero-order valence-corrected chi connectivity index (χ0v) is 12.8. The summed E-state index contributed by atoms with van der Waals surface area (Å²) in [6.07, 6.45) is 6.96. The van der Waals surface area contributed by atoms with Gasteiger partial charge in [-0.05, 0) is 49.5 Å². The molecule has 0 saturated heterocycles. The number of hydrogen-bond acceptors (Lipinski definition) is 2. The zero-order chi connectivity index (χ0) is 13.0. The van der Waals surface area contributed by atoms with E-state index in [1.165, 1.54) is 37.0 Å². The van der Waals surface area contributed by atoms with E-state index in [2.05, 4.69) is 43.6 Å². The van der Waals surface area contributed by atoms with Crippen LogP contribution < -0.4 is 5.32 Å². The standard InChI is InChI=1S/C16H27NS/c1-12(2)14-6-4-7-15(10-9-14)17-13(3)16-8-5-11-18-16/h5,8,11-15,17H,4,6-7,9-10H2,1-3H3/t13-,14?,15?/m0/s1. The van der Waals surface area contributed by atoms with Crippen molar-refractivity contribution in [1.29, 1.82) is 0 Å². The highest BCUT2D eigenvalue weighted by Crippen LogP contribution is 2.30. The number of hydrogen-bond donors (Lipinski definition) is 1. The lowest BCUT2D eigenvalue weighted by atomic mass is 9.89. The van der Waals surface area contributed by atoms with Crippen molar-refractivity contribution in [3.63, 3.8) is 0 Å². The Kier molecular flexibility index (Phi) is 5.25. The first-order valence-corrected chi connectivity index (χ1v) is 8.34. The summed E-state index contributed by atoms with van der Waals surface area (Å²) in [6, 6.07) is 5.65. The molecule has 1 N–H and O–H groups in total. The molecule has 1 aliphatic rings. The third-order valence-corrected chi connectivity index (χ3v) is 5.47. The number of thiophene rings is 1. The summed E-state index contributed by atoms with van der Waals surface area (Å²) in [5.41, 5.74) is 0. The molecule has 0 bridgehead atoms. The van der Waals surface area contributed by atoms with Gasteiger partial charge in [-0.2, -0.15) is 0 Å². The average molecular weight is 265 g/mol. The molecule has 1 saturated carbocycles. The smallest absolute Gasteiger partial charge is 0.0388 e. The van der Waals surface area contributed by atoms with Gasteiger partial charge in [0, 0.05) is 17.0 Å². The Balaban J connectivity index is 1.83. The molecule has 2 heteroatoms. The van der Waals surface area contributed by atoms with E-state index in [0.717, 1.165) is 17.9 Å². The Morgan fingerprint density at radius 3 is 2.67 bits per heavy atom. The van der Waals surface area contributed by atoms with Gasteiger partial charge in [-0.25, -0.2) is 0 Å². The first kappa shape index (κ1) is 14.1. The minimum absolute atomic E-state index is 0.519. The average Bonchev–Trinajstić information content (AvgIpc) is 2.77. The van der Waals surface area contributed by atoms with Crippen LogP contribution in [0.5, 0.6) is 0 Å². The van der Waals surface area contributed by atoms with Gasteiger partial charge in [0.05, 0.1) is 0 Å². The SMILES string of the molecule is CC(C)C1CCCC(N[C@@H](C)c2cccs2)CC1. The van der Waals surface area contributed by atoms with Crippen molar-refractivity contribution in [1.82, 2.24) is 5.32 Å². The largest absolute Gasteiger partial charge is 0.307 e. The van der Waals surface area contributed by atoms with E-state index < -0.39 is 0 Å². The second-order valence-electron chi connectivity index (χ2n) is 6.11. The second kappa shape index (κ2) is 6.72. The van der Waals surface area contributed by atoms with Crippen molar-refractivity contribution < 1.29 is 0 Å². The quantitative estimate of drug-likeness (QED) is 0.755. The van der Waals surface area contributed by atoms with E-state index in [4.69, 9.17) is 0 Å². The van der Waals surface area contributed by atoms with E-state index in [9.17, 15) is 0 Å². The minimum atomic E-state index is 0.519. The van der Waals surface area contributed by atoms with Crippen molar-refractivity contribution >= 4 is 11.3 Å².